The van der Waals surface area contributed by atoms with E-state index in [9.17, 15) is 4.39 Å². The van der Waals surface area contributed by atoms with Crippen molar-refractivity contribution in [1.82, 2.24) is 10.3 Å². The zero-order valence-electron chi connectivity index (χ0n) is 9.59. The molecule has 1 aromatic heterocycles. The van der Waals surface area contributed by atoms with Crippen LogP contribution in [0.5, 0.6) is 5.88 Å². The maximum Gasteiger partial charge on any atom is 0.250 e. The van der Waals surface area contributed by atoms with Crippen molar-refractivity contribution in [1.29, 1.82) is 0 Å². The highest BCUT2D eigenvalue weighted by Crippen LogP contribution is 2.18. The number of pyridine rings is 1. The van der Waals surface area contributed by atoms with E-state index in [2.05, 4.69) is 26.2 Å². The van der Waals surface area contributed by atoms with Crippen molar-refractivity contribution < 1.29 is 9.13 Å². The highest BCUT2D eigenvalue weighted by Gasteiger charge is 2.13. The Hall–Kier alpha value is -0.680. The molecule has 1 atom stereocenters. The number of piperidine rings is 1. The fraction of sp³-hybridized carbons (Fsp3) is 0.583. The molecule has 2 rings (SSSR count). The average molecular weight is 303 g/mol. The number of ether oxygens (including phenoxy) is 1. The highest BCUT2D eigenvalue weighted by atomic mass is 79.9. The van der Waals surface area contributed by atoms with E-state index in [0.717, 1.165) is 13.0 Å². The van der Waals surface area contributed by atoms with Gasteiger partial charge in [-0.1, -0.05) is 6.42 Å². The first-order valence-corrected chi connectivity index (χ1v) is 6.72. The molecule has 0 radical (unpaired) electrons. The van der Waals surface area contributed by atoms with Gasteiger partial charge in [0, 0.05) is 16.7 Å². The van der Waals surface area contributed by atoms with E-state index in [4.69, 9.17) is 4.74 Å². The fourth-order valence-electron chi connectivity index (χ4n) is 1.98. The van der Waals surface area contributed by atoms with Crippen molar-refractivity contribution in [3.63, 3.8) is 0 Å². The van der Waals surface area contributed by atoms with E-state index in [1.165, 1.54) is 31.5 Å². The van der Waals surface area contributed by atoms with Crippen molar-refractivity contribution in [3.8, 4) is 5.88 Å². The summed E-state index contributed by atoms with van der Waals surface area (Å²) < 4.78 is 19.4. The standard InChI is InChI=1S/C12H16BrFN2O/c13-9-7-11(14)12(16-8-9)17-6-4-10-3-1-2-5-15-10/h7-8,10,15H,1-6H2. The monoisotopic (exact) mass is 302 g/mol. The van der Waals surface area contributed by atoms with Gasteiger partial charge in [-0.15, -0.1) is 0 Å². The molecule has 1 aliphatic heterocycles. The molecule has 2 heterocycles. The van der Waals surface area contributed by atoms with Gasteiger partial charge in [0.2, 0.25) is 5.88 Å². The predicted octanol–water partition coefficient (Wildman–Crippen LogP) is 2.89. The molecule has 0 saturated carbocycles. The SMILES string of the molecule is Fc1cc(Br)cnc1OCCC1CCCCN1. The van der Waals surface area contributed by atoms with Gasteiger partial charge >= 0.3 is 0 Å². The maximum atomic E-state index is 13.4. The number of nitrogens with zero attached hydrogens (tertiary/aromatic N) is 1. The van der Waals surface area contributed by atoms with Crippen molar-refractivity contribution in [2.75, 3.05) is 13.2 Å². The number of rotatable bonds is 4. The van der Waals surface area contributed by atoms with Crippen LogP contribution in [0.1, 0.15) is 25.7 Å². The van der Waals surface area contributed by atoms with Crippen LogP contribution in [0.15, 0.2) is 16.7 Å². The van der Waals surface area contributed by atoms with Crippen LogP contribution < -0.4 is 10.1 Å². The van der Waals surface area contributed by atoms with Crippen molar-refractivity contribution in [3.05, 3.63) is 22.6 Å². The second-order valence-corrected chi connectivity index (χ2v) is 5.14. The van der Waals surface area contributed by atoms with E-state index in [-0.39, 0.29) is 5.88 Å². The fourth-order valence-corrected chi connectivity index (χ4v) is 2.28. The molecule has 1 unspecified atom stereocenters. The number of halogens is 2. The molecular weight excluding hydrogens is 287 g/mol. The maximum absolute atomic E-state index is 13.4. The van der Waals surface area contributed by atoms with E-state index >= 15 is 0 Å². The van der Waals surface area contributed by atoms with E-state index in [1.807, 2.05) is 0 Å². The zero-order chi connectivity index (χ0) is 12.1. The van der Waals surface area contributed by atoms with Crippen LogP contribution in [0, 0.1) is 5.82 Å². The first-order chi connectivity index (χ1) is 8.25. The van der Waals surface area contributed by atoms with Gasteiger partial charge in [0.05, 0.1) is 6.61 Å². The number of hydrogen-bond donors (Lipinski definition) is 1. The van der Waals surface area contributed by atoms with Gasteiger partial charge < -0.3 is 10.1 Å². The van der Waals surface area contributed by atoms with E-state index in [1.54, 1.807) is 0 Å². The average Bonchev–Trinajstić information content (AvgIpc) is 2.33. The van der Waals surface area contributed by atoms with Crippen molar-refractivity contribution >= 4 is 15.9 Å². The molecule has 0 spiro atoms. The van der Waals surface area contributed by atoms with E-state index in [0.29, 0.717) is 17.1 Å². The van der Waals surface area contributed by atoms with Crippen LogP contribution in [-0.4, -0.2) is 24.2 Å². The largest absolute Gasteiger partial charge is 0.476 e. The lowest BCUT2D eigenvalue weighted by molar-refractivity contribution is 0.250. The smallest absolute Gasteiger partial charge is 0.250 e. The Morgan fingerprint density at radius 1 is 1.53 bits per heavy atom. The Kier molecular flexibility index (Phi) is 4.74. The third-order valence-electron chi connectivity index (χ3n) is 2.89. The van der Waals surface area contributed by atoms with Gasteiger partial charge in [-0.3, -0.25) is 0 Å². The van der Waals surface area contributed by atoms with E-state index < -0.39 is 5.82 Å². The molecule has 1 fully saturated rings. The van der Waals surface area contributed by atoms with Gasteiger partial charge in [-0.05, 0) is 47.8 Å². The molecule has 0 aromatic carbocycles. The van der Waals surface area contributed by atoms with Gasteiger partial charge in [0.25, 0.3) is 0 Å². The van der Waals surface area contributed by atoms with Crippen molar-refractivity contribution in [2.45, 2.75) is 31.7 Å². The first-order valence-electron chi connectivity index (χ1n) is 5.93. The highest BCUT2D eigenvalue weighted by molar-refractivity contribution is 9.10. The van der Waals surface area contributed by atoms with Gasteiger partial charge in [-0.2, -0.15) is 0 Å². The molecule has 5 heteroatoms. The van der Waals surface area contributed by atoms with Crippen molar-refractivity contribution in [2.24, 2.45) is 0 Å². The second-order valence-electron chi connectivity index (χ2n) is 4.22. The number of hydrogen-bond acceptors (Lipinski definition) is 3. The summed E-state index contributed by atoms with van der Waals surface area (Å²) in [5.74, 6) is -0.333. The lowest BCUT2D eigenvalue weighted by Crippen LogP contribution is -2.35. The van der Waals surface area contributed by atoms with Gasteiger partial charge in [0.1, 0.15) is 0 Å². The Labute approximate surface area is 109 Å². The number of aromatic nitrogens is 1. The minimum atomic E-state index is -0.420. The topological polar surface area (TPSA) is 34.1 Å². The molecule has 0 amide bonds. The summed E-state index contributed by atoms with van der Waals surface area (Å²) in [5.41, 5.74) is 0. The lowest BCUT2D eigenvalue weighted by atomic mass is 10.0. The molecule has 17 heavy (non-hydrogen) atoms. The summed E-state index contributed by atoms with van der Waals surface area (Å²) in [6.45, 7) is 1.58. The summed E-state index contributed by atoms with van der Waals surface area (Å²) in [5, 5.41) is 3.43. The molecule has 3 nitrogen and oxygen atoms in total. The van der Waals surface area contributed by atoms with Gasteiger partial charge in [0.15, 0.2) is 5.82 Å². The van der Waals surface area contributed by atoms with Gasteiger partial charge in [-0.25, -0.2) is 9.37 Å². The molecule has 1 N–H and O–H groups in total. The van der Waals surface area contributed by atoms with Crippen LogP contribution >= 0.6 is 15.9 Å². The predicted molar refractivity (Wildman–Crippen MR) is 67.6 cm³/mol. The van der Waals surface area contributed by atoms with Crippen LogP contribution in [0.4, 0.5) is 4.39 Å². The molecule has 1 aliphatic rings. The summed E-state index contributed by atoms with van der Waals surface area (Å²) in [6.07, 6.45) is 6.14. The molecular formula is C12H16BrFN2O. The van der Waals surface area contributed by atoms with Crippen LogP contribution in [0.3, 0.4) is 0 Å². The Balaban J connectivity index is 1.77. The molecule has 0 bridgehead atoms. The number of nitrogens with one attached hydrogen (secondary N) is 1. The zero-order valence-corrected chi connectivity index (χ0v) is 11.2. The Morgan fingerprint density at radius 2 is 2.41 bits per heavy atom. The quantitative estimate of drug-likeness (QED) is 0.928. The first kappa shape index (κ1) is 12.8. The van der Waals surface area contributed by atoms with Crippen LogP contribution in [-0.2, 0) is 0 Å². The normalized spacial score (nSPS) is 20.2. The minimum absolute atomic E-state index is 0.0870. The third-order valence-corrected chi connectivity index (χ3v) is 3.33. The molecule has 1 saturated heterocycles. The molecule has 1 aromatic rings. The Morgan fingerprint density at radius 3 is 3.12 bits per heavy atom. The summed E-state index contributed by atoms with van der Waals surface area (Å²) in [4.78, 5) is 3.90. The van der Waals surface area contributed by atoms with Crippen LogP contribution in [0.25, 0.3) is 0 Å². The second kappa shape index (κ2) is 6.31. The summed E-state index contributed by atoms with van der Waals surface area (Å²) in [7, 11) is 0. The van der Waals surface area contributed by atoms with Crippen LogP contribution in [0.2, 0.25) is 0 Å². The summed E-state index contributed by atoms with van der Waals surface area (Å²) >= 11 is 3.16. The summed E-state index contributed by atoms with van der Waals surface area (Å²) in [6, 6.07) is 1.86. The Bertz CT molecular complexity index is 370. The minimum Gasteiger partial charge on any atom is -0.476 e. The third kappa shape index (κ3) is 3.92. The lowest BCUT2D eigenvalue weighted by Gasteiger charge is -2.23. The molecule has 94 valence electrons. The molecule has 0 aliphatic carbocycles.